The highest BCUT2D eigenvalue weighted by molar-refractivity contribution is 7.91. The fourth-order valence-corrected chi connectivity index (χ4v) is 5.95. The summed E-state index contributed by atoms with van der Waals surface area (Å²) < 4.78 is 23.4. The van der Waals surface area contributed by atoms with Crippen LogP contribution in [0.25, 0.3) is 0 Å². The Morgan fingerprint density at radius 2 is 1.89 bits per heavy atom. The van der Waals surface area contributed by atoms with Gasteiger partial charge in [0.1, 0.15) is 5.41 Å². The summed E-state index contributed by atoms with van der Waals surface area (Å²) in [5.74, 6) is -0.141. The van der Waals surface area contributed by atoms with E-state index in [2.05, 4.69) is 11.4 Å². The largest absolute Gasteiger partial charge is 0.388 e. The molecule has 0 aliphatic carbocycles. The number of fused-ring (bicyclic) bond motifs is 2. The lowest BCUT2D eigenvalue weighted by atomic mass is 9.66. The summed E-state index contributed by atoms with van der Waals surface area (Å²) in [7, 11) is -3.17. The van der Waals surface area contributed by atoms with Crippen molar-refractivity contribution in [3.05, 3.63) is 0 Å². The van der Waals surface area contributed by atoms with Crippen LogP contribution < -0.4 is 5.32 Å². The van der Waals surface area contributed by atoms with Gasteiger partial charge in [-0.25, -0.2) is 8.42 Å². The first kappa shape index (κ1) is 12.4. The highest BCUT2D eigenvalue weighted by Crippen LogP contribution is 2.49. The molecule has 3 aliphatic heterocycles. The lowest BCUT2D eigenvalue weighted by molar-refractivity contribution is -0.0793. The number of piperidine rings is 1. The third-order valence-electron chi connectivity index (χ3n) is 4.91. The molecule has 18 heavy (non-hydrogen) atoms. The maximum Gasteiger partial charge on any atom is 0.152 e. The molecule has 3 fully saturated rings. The summed E-state index contributed by atoms with van der Waals surface area (Å²) in [5, 5.41) is 23.8. The summed E-state index contributed by atoms with van der Waals surface area (Å²) in [6, 6.07) is 2.63. The van der Waals surface area contributed by atoms with Gasteiger partial charge in [-0.05, 0) is 32.1 Å². The molecule has 0 saturated carbocycles. The highest BCUT2D eigenvalue weighted by atomic mass is 32.2. The second-order valence-corrected chi connectivity index (χ2v) is 8.30. The molecule has 0 amide bonds. The third kappa shape index (κ3) is 1.68. The van der Waals surface area contributed by atoms with Gasteiger partial charge < -0.3 is 10.4 Å². The van der Waals surface area contributed by atoms with E-state index in [9.17, 15) is 18.8 Å². The molecule has 2 bridgehead atoms. The normalized spacial score (nSPS) is 50.0. The van der Waals surface area contributed by atoms with E-state index in [0.717, 1.165) is 12.8 Å². The van der Waals surface area contributed by atoms with Crippen LogP contribution in [0.5, 0.6) is 0 Å². The van der Waals surface area contributed by atoms with Crippen LogP contribution >= 0.6 is 0 Å². The third-order valence-corrected chi connectivity index (χ3v) is 6.67. The van der Waals surface area contributed by atoms with Crippen LogP contribution in [0.4, 0.5) is 0 Å². The van der Waals surface area contributed by atoms with Crippen molar-refractivity contribution in [3.8, 4) is 6.07 Å². The first-order valence-corrected chi connectivity index (χ1v) is 8.30. The molecule has 0 aromatic rings. The van der Waals surface area contributed by atoms with Crippen LogP contribution in [0.15, 0.2) is 0 Å². The zero-order valence-corrected chi connectivity index (χ0v) is 11.0. The van der Waals surface area contributed by atoms with Gasteiger partial charge in [0.2, 0.25) is 0 Å². The topological polar surface area (TPSA) is 90.2 Å². The van der Waals surface area contributed by atoms with E-state index < -0.39 is 20.9 Å². The Morgan fingerprint density at radius 1 is 1.28 bits per heavy atom. The Labute approximate surface area is 107 Å². The van der Waals surface area contributed by atoms with Crippen molar-refractivity contribution in [2.45, 2.75) is 49.8 Å². The smallest absolute Gasteiger partial charge is 0.152 e. The van der Waals surface area contributed by atoms with Crippen molar-refractivity contribution in [2.24, 2.45) is 5.41 Å². The maximum atomic E-state index is 11.7. The minimum atomic E-state index is -3.17. The maximum absolute atomic E-state index is 11.7. The Bertz CT molecular complexity index is 498. The number of aliphatic hydroxyl groups is 1. The van der Waals surface area contributed by atoms with Gasteiger partial charge in [0.15, 0.2) is 9.84 Å². The quantitative estimate of drug-likeness (QED) is 0.698. The van der Waals surface area contributed by atoms with Crippen molar-refractivity contribution in [1.29, 1.82) is 5.26 Å². The zero-order valence-electron chi connectivity index (χ0n) is 10.2. The van der Waals surface area contributed by atoms with E-state index in [-0.39, 0.29) is 30.0 Å². The first-order valence-electron chi connectivity index (χ1n) is 6.48. The number of nitriles is 1. The molecule has 0 spiro atoms. The van der Waals surface area contributed by atoms with Gasteiger partial charge in [0.25, 0.3) is 0 Å². The molecule has 0 aromatic heterocycles. The van der Waals surface area contributed by atoms with Crippen LogP contribution in [0.1, 0.15) is 32.1 Å². The molecule has 3 saturated heterocycles. The number of nitrogens with zero attached hydrogens (tertiary/aromatic N) is 1. The number of hydrogen-bond acceptors (Lipinski definition) is 5. The molecule has 6 heteroatoms. The minimum Gasteiger partial charge on any atom is -0.388 e. The van der Waals surface area contributed by atoms with E-state index in [4.69, 9.17) is 0 Å². The van der Waals surface area contributed by atoms with Gasteiger partial charge in [-0.1, -0.05) is 0 Å². The van der Waals surface area contributed by atoms with Crippen molar-refractivity contribution in [3.63, 3.8) is 0 Å². The second kappa shape index (κ2) is 3.69. The average Bonchev–Trinajstić information content (AvgIpc) is 2.80. The van der Waals surface area contributed by atoms with E-state index >= 15 is 0 Å². The second-order valence-electron chi connectivity index (χ2n) is 6.11. The Hall–Kier alpha value is -0.640. The van der Waals surface area contributed by atoms with E-state index in [0.29, 0.717) is 12.8 Å². The fraction of sp³-hybridized carbons (Fsp3) is 0.917. The summed E-state index contributed by atoms with van der Waals surface area (Å²) in [4.78, 5) is 0. The lowest BCUT2D eigenvalue weighted by Crippen LogP contribution is -2.57. The molecule has 100 valence electrons. The molecule has 3 aliphatic rings. The van der Waals surface area contributed by atoms with Crippen LogP contribution in [0, 0.1) is 16.7 Å². The van der Waals surface area contributed by atoms with Crippen LogP contribution in [0.2, 0.25) is 0 Å². The molecule has 0 aromatic carbocycles. The lowest BCUT2D eigenvalue weighted by Gasteiger charge is -2.45. The van der Waals surface area contributed by atoms with E-state index in [1.165, 1.54) is 0 Å². The SMILES string of the molecule is N#CC1(C2(O)CC3CCC(C2)N3)CCS(=O)(=O)C1. The zero-order chi connectivity index (χ0) is 13.0. The molecule has 3 heterocycles. The number of hydrogen-bond donors (Lipinski definition) is 2. The van der Waals surface area contributed by atoms with Gasteiger partial charge >= 0.3 is 0 Å². The predicted molar refractivity (Wildman–Crippen MR) is 65.4 cm³/mol. The Morgan fingerprint density at radius 3 is 2.33 bits per heavy atom. The fourth-order valence-electron chi connectivity index (χ4n) is 3.92. The van der Waals surface area contributed by atoms with Crippen molar-refractivity contribution in [2.75, 3.05) is 11.5 Å². The average molecular weight is 270 g/mol. The van der Waals surface area contributed by atoms with Gasteiger partial charge in [-0.3, -0.25) is 0 Å². The van der Waals surface area contributed by atoms with E-state index in [1.807, 2.05) is 0 Å². The Kier molecular flexibility index (Phi) is 2.54. The van der Waals surface area contributed by atoms with Crippen LogP contribution in [0.3, 0.4) is 0 Å². The van der Waals surface area contributed by atoms with Crippen LogP contribution in [-0.4, -0.2) is 42.7 Å². The summed E-state index contributed by atoms with van der Waals surface area (Å²) >= 11 is 0. The van der Waals surface area contributed by atoms with Crippen molar-refractivity contribution >= 4 is 9.84 Å². The molecule has 3 atom stereocenters. The highest BCUT2D eigenvalue weighted by Gasteiger charge is 2.60. The summed E-state index contributed by atoms with van der Waals surface area (Å²) in [6.45, 7) is 0. The summed E-state index contributed by atoms with van der Waals surface area (Å²) in [6.07, 6.45) is 3.32. The monoisotopic (exact) mass is 270 g/mol. The molecule has 5 nitrogen and oxygen atoms in total. The van der Waals surface area contributed by atoms with Gasteiger partial charge in [-0.2, -0.15) is 5.26 Å². The summed E-state index contributed by atoms with van der Waals surface area (Å²) in [5.41, 5.74) is -2.23. The van der Waals surface area contributed by atoms with Gasteiger partial charge in [0, 0.05) is 12.1 Å². The van der Waals surface area contributed by atoms with Gasteiger partial charge in [-0.15, -0.1) is 0 Å². The molecule has 0 radical (unpaired) electrons. The first-order chi connectivity index (χ1) is 8.38. The predicted octanol–water partition coefficient (Wildman–Crippen LogP) is -0.0396. The standard InChI is InChI=1S/C12H18N2O3S/c13-7-11(3-4-18(16,17)8-11)12(15)5-9-1-2-10(6-12)14-9/h9-10,14-15H,1-6,8H2. The van der Waals surface area contributed by atoms with Crippen molar-refractivity contribution in [1.82, 2.24) is 5.32 Å². The van der Waals surface area contributed by atoms with Crippen LogP contribution in [-0.2, 0) is 9.84 Å². The number of rotatable bonds is 1. The number of sulfone groups is 1. The molecule has 3 unspecified atom stereocenters. The van der Waals surface area contributed by atoms with Gasteiger partial charge in [0.05, 0.1) is 23.2 Å². The Balaban J connectivity index is 1.95. The molecule has 2 N–H and O–H groups in total. The number of nitrogens with one attached hydrogen (secondary N) is 1. The molecule has 3 rings (SSSR count). The molecular weight excluding hydrogens is 252 g/mol. The van der Waals surface area contributed by atoms with E-state index in [1.54, 1.807) is 0 Å². The molecular formula is C12H18N2O3S. The minimum absolute atomic E-state index is 0.0334. The van der Waals surface area contributed by atoms with Crippen molar-refractivity contribution < 1.29 is 13.5 Å².